The van der Waals surface area contributed by atoms with E-state index in [9.17, 15) is 22.8 Å². The van der Waals surface area contributed by atoms with Gasteiger partial charge in [0.05, 0.1) is 24.2 Å². The second-order valence-electron chi connectivity index (χ2n) is 5.17. The Morgan fingerprint density at radius 3 is 2.32 bits per heavy atom. The van der Waals surface area contributed by atoms with Crippen LogP contribution in [0.5, 0.6) is 0 Å². The van der Waals surface area contributed by atoms with Gasteiger partial charge in [-0.3, -0.25) is 9.59 Å². The number of amides is 2. The van der Waals surface area contributed by atoms with Crippen molar-refractivity contribution in [3.63, 3.8) is 0 Å². The highest BCUT2D eigenvalue weighted by molar-refractivity contribution is 6.30. The fourth-order valence-corrected chi connectivity index (χ4v) is 2.25. The first-order valence-corrected chi connectivity index (χ1v) is 7.61. The van der Waals surface area contributed by atoms with E-state index in [2.05, 4.69) is 10.6 Å². The number of alkyl halides is 3. The molecule has 0 aliphatic heterocycles. The molecule has 0 bridgehead atoms. The zero-order chi connectivity index (χ0) is 18.4. The van der Waals surface area contributed by atoms with Crippen LogP contribution in [0.25, 0.3) is 0 Å². The van der Waals surface area contributed by atoms with Crippen molar-refractivity contribution in [2.75, 3.05) is 11.9 Å². The third-order valence-corrected chi connectivity index (χ3v) is 3.45. The Balaban J connectivity index is 1.93. The Morgan fingerprint density at radius 2 is 1.68 bits per heavy atom. The molecule has 0 fully saturated rings. The number of carbonyl (C=O) groups excluding carboxylic acids is 2. The van der Waals surface area contributed by atoms with Gasteiger partial charge in [-0.25, -0.2) is 0 Å². The molecule has 0 aromatic heterocycles. The molecule has 132 valence electrons. The lowest BCUT2D eigenvalue weighted by molar-refractivity contribution is -0.137. The maximum atomic E-state index is 13.0. The molecule has 2 aromatic carbocycles. The SMILES string of the molecule is O=C(Cc1ccccc1)NCC(=O)Nc1ccc(Cl)cc1C(F)(F)F. The third-order valence-electron chi connectivity index (χ3n) is 3.21. The summed E-state index contributed by atoms with van der Waals surface area (Å²) in [6.07, 6.45) is -4.59. The van der Waals surface area contributed by atoms with Crippen LogP contribution in [-0.4, -0.2) is 18.4 Å². The van der Waals surface area contributed by atoms with Crippen molar-refractivity contribution in [1.29, 1.82) is 0 Å². The van der Waals surface area contributed by atoms with Crippen molar-refractivity contribution in [3.8, 4) is 0 Å². The van der Waals surface area contributed by atoms with Crippen LogP contribution in [-0.2, 0) is 22.2 Å². The molecule has 0 saturated carbocycles. The second-order valence-corrected chi connectivity index (χ2v) is 5.61. The van der Waals surface area contributed by atoms with Crippen molar-refractivity contribution in [1.82, 2.24) is 5.32 Å². The highest BCUT2D eigenvalue weighted by atomic mass is 35.5. The molecule has 4 nitrogen and oxygen atoms in total. The first kappa shape index (κ1) is 18.8. The number of halogens is 4. The van der Waals surface area contributed by atoms with E-state index in [4.69, 9.17) is 11.6 Å². The van der Waals surface area contributed by atoms with E-state index in [-0.39, 0.29) is 11.4 Å². The molecule has 0 saturated heterocycles. The monoisotopic (exact) mass is 370 g/mol. The standard InChI is InChI=1S/C17H14ClF3N2O2/c18-12-6-7-14(13(9-12)17(19,20)21)23-16(25)10-22-15(24)8-11-4-2-1-3-5-11/h1-7,9H,8,10H2,(H,22,24)(H,23,25). The minimum Gasteiger partial charge on any atom is -0.347 e. The minimum absolute atomic E-state index is 0.0723. The topological polar surface area (TPSA) is 58.2 Å². The van der Waals surface area contributed by atoms with Crippen molar-refractivity contribution in [2.24, 2.45) is 0 Å². The van der Waals surface area contributed by atoms with Gasteiger partial charge in [0.2, 0.25) is 11.8 Å². The van der Waals surface area contributed by atoms with Crippen LogP contribution in [0.2, 0.25) is 5.02 Å². The quantitative estimate of drug-likeness (QED) is 0.844. The van der Waals surface area contributed by atoms with Gasteiger partial charge >= 0.3 is 6.18 Å². The zero-order valence-corrected chi connectivity index (χ0v) is 13.6. The van der Waals surface area contributed by atoms with Gasteiger partial charge in [0.25, 0.3) is 0 Å². The normalized spacial score (nSPS) is 11.0. The van der Waals surface area contributed by atoms with Crippen LogP contribution < -0.4 is 10.6 Å². The first-order chi connectivity index (χ1) is 11.8. The van der Waals surface area contributed by atoms with E-state index in [0.29, 0.717) is 0 Å². The van der Waals surface area contributed by atoms with Gasteiger partial charge in [-0.05, 0) is 23.8 Å². The van der Waals surface area contributed by atoms with E-state index < -0.39 is 35.8 Å². The summed E-state index contributed by atoms with van der Waals surface area (Å²) in [5.41, 5.74) is -0.708. The zero-order valence-electron chi connectivity index (χ0n) is 12.9. The van der Waals surface area contributed by atoms with Crippen LogP contribution in [0.3, 0.4) is 0 Å². The number of anilines is 1. The summed E-state index contributed by atoms with van der Waals surface area (Å²) in [6, 6.07) is 11.9. The predicted octanol–water partition coefficient (Wildman–Crippen LogP) is 3.66. The Hall–Kier alpha value is -2.54. The van der Waals surface area contributed by atoms with E-state index in [1.165, 1.54) is 6.07 Å². The number of hydrogen-bond donors (Lipinski definition) is 2. The Kier molecular flexibility index (Phi) is 6.03. The number of carbonyl (C=O) groups is 2. The molecule has 8 heteroatoms. The van der Waals surface area contributed by atoms with Crippen LogP contribution in [0.15, 0.2) is 48.5 Å². The molecule has 0 aliphatic carbocycles. The molecule has 2 amide bonds. The van der Waals surface area contributed by atoms with E-state index >= 15 is 0 Å². The Morgan fingerprint density at radius 1 is 1.00 bits per heavy atom. The van der Waals surface area contributed by atoms with E-state index in [0.717, 1.165) is 17.7 Å². The summed E-state index contributed by atoms with van der Waals surface area (Å²) >= 11 is 5.57. The smallest absolute Gasteiger partial charge is 0.347 e. The molecule has 25 heavy (non-hydrogen) atoms. The molecule has 2 aromatic rings. The van der Waals surface area contributed by atoms with Gasteiger partial charge in [0.1, 0.15) is 0 Å². The predicted molar refractivity (Wildman–Crippen MR) is 88.2 cm³/mol. The summed E-state index contributed by atoms with van der Waals surface area (Å²) in [5.74, 6) is -1.18. The summed E-state index contributed by atoms with van der Waals surface area (Å²) in [7, 11) is 0. The molecular weight excluding hydrogens is 357 g/mol. The lowest BCUT2D eigenvalue weighted by Crippen LogP contribution is -2.34. The molecule has 0 aliphatic rings. The maximum Gasteiger partial charge on any atom is 0.418 e. The molecule has 2 rings (SSSR count). The number of nitrogens with one attached hydrogen (secondary N) is 2. The molecule has 2 N–H and O–H groups in total. The summed E-state index contributed by atoms with van der Waals surface area (Å²) in [6.45, 7) is -0.439. The summed E-state index contributed by atoms with van der Waals surface area (Å²) in [4.78, 5) is 23.6. The fraction of sp³-hybridized carbons (Fsp3) is 0.176. The van der Waals surface area contributed by atoms with Crippen molar-refractivity contribution in [2.45, 2.75) is 12.6 Å². The summed E-state index contributed by atoms with van der Waals surface area (Å²) in [5, 5.41) is 4.40. The van der Waals surface area contributed by atoms with Crippen LogP contribution in [0.1, 0.15) is 11.1 Å². The number of rotatable bonds is 5. The summed E-state index contributed by atoms with van der Waals surface area (Å²) < 4.78 is 38.9. The molecule has 0 radical (unpaired) electrons. The van der Waals surface area contributed by atoms with E-state index in [1.807, 2.05) is 0 Å². The Labute approximate surface area is 147 Å². The Bertz CT molecular complexity index is 764. The molecular formula is C17H14ClF3N2O2. The van der Waals surface area contributed by atoms with Crippen LogP contribution in [0.4, 0.5) is 18.9 Å². The molecule has 0 atom stereocenters. The van der Waals surface area contributed by atoms with Gasteiger partial charge in [0.15, 0.2) is 0 Å². The maximum absolute atomic E-state index is 13.0. The molecule has 0 unspecified atom stereocenters. The number of hydrogen-bond acceptors (Lipinski definition) is 2. The largest absolute Gasteiger partial charge is 0.418 e. The molecule has 0 spiro atoms. The fourth-order valence-electron chi connectivity index (χ4n) is 2.08. The van der Waals surface area contributed by atoms with Crippen LogP contribution >= 0.6 is 11.6 Å². The van der Waals surface area contributed by atoms with Gasteiger partial charge in [-0.15, -0.1) is 0 Å². The van der Waals surface area contributed by atoms with Crippen molar-refractivity contribution < 1.29 is 22.8 Å². The van der Waals surface area contributed by atoms with Crippen molar-refractivity contribution >= 4 is 29.1 Å². The average Bonchev–Trinajstić information content (AvgIpc) is 2.54. The number of benzene rings is 2. The van der Waals surface area contributed by atoms with Gasteiger partial charge < -0.3 is 10.6 Å². The lowest BCUT2D eigenvalue weighted by atomic mass is 10.1. The second kappa shape index (κ2) is 8.02. The minimum atomic E-state index is -4.66. The van der Waals surface area contributed by atoms with Gasteiger partial charge in [0, 0.05) is 5.02 Å². The van der Waals surface area contributed by atoms with Crippen molar-refractivity contribution in [3.05, 3.63) is 64.7 Å². The third kappa shape index (κ3) is 5.79. The lowest BCUT2D eigenvalue weighted by Gasteiger charge is -2.14. The first-order valence-electron chi connectivity index (χ1n) is 7.23. The molecule has 0 heterocycles. The highest BCUT2D eigenvalue weighted by Crippen LogP contribution is 2.36. The highest BCUT2D eigenvalue weighted by Gasteiger charge is 2.34. The van der Waals surface area contributed by atoms with Crippen LogP contribution in [0, 0.1) is 0 Å². The van der Waals surface area contributed by atoms with E-state index in [1.54, 1.807) is 30.3 Å². The van der Waals surface area contributed by atoms with Gasteiger partial charge in [-0.2, -0.15) is 13.2 Å². The average molecular weight is 371 g/mol. The van der Waals surface area contributed by atoms with Gasteiger partial charge in [-0.1, -0.05) is 41.9 Å².